The maximum absolute atomic E-state index is 17.7. The molecule has 7 nitrogen and oxygen atoms in total. The van der Waals surface area contributed by atoms with E-state index in [0.29, 0.717) is 17.1 Å². The number of allylic oxidation sites excluding steroid dienone is 4. The first-order chi connectivity index (χ1) is 21.3. The highest BCUT2D eigenvalue weighted by molar-refractivity contribution is 6.30. The number of ketones is 2. The normalized spacial score (nSPS) is 39.8. The zero-order chi connectivity index (χ0) is 31.9. The third-order valence-electron chi connectivity index (χ3n) is 11.5. The van der Waals surface area contributed by atoms with Crippen molar-refractivity contribution in [2.45, 2.75) is 56.7 Å². The molecule has 1 N–H and O–H groups in total. The van der Waals surface area contributed by atoms with Crippen molar-refractivity contribution in [2.75, 3.05) is 18.2 Å². The maximum atomic E-state index is 17.7. The van der Waals surface area contributed by atoms with Gasteiger partial charge in [0.25, 0.3) is 0 Å². The Kier molecular flexibility index (Phi) is 6.93. The van der Waals surface area contributed by atoms with E-state index in [0.717, 1.165) is 6.08 Å². The van der Waals surface area contributed by atoms with Crippen LogP contribution in [0.3, 0.4) is 0 Å². The number of benzene rings is 2. The van der Waals surface area contributed by atoms with Gasteiger partial charge in [-0.2, -0.15) is 0 Å². The summed E-state index contributed by atoms with van der Waals surface area (Å²) in [6.07, 6.45) is 0.519. The molecule has 2 aromatic carbocycles. The van der Waals surface area contributed by atoms with Gasteiger partial charge in [-0.15, -0.1) is 0 Å². The number of ether oxygens (including phenoxy) is 1. The minimum Gasteiger partial charge on any atom is -0.454 e. The maximum Gasteiger partial charge on any atom is 0.338 e. The van der Waals surface area contributed by atoms with Crippen LogP contribution in [0.5, 0.6) is 0 Å². The lowest BCUT2D eigenvalue weighted by Gasteiger charge is -2.63. The van der Waals surface area contributed by atoms with Gasteiger partial charge in [0.2, 0.25) is 5.78 Å². The Balaban J connectivity index is 1.28. The molecule has 0 amide bonds. The molecule has 9 atom stereocenters. The Morgan fingerprint density at radius 1 is 1.09 bits per heavy atom. The topological polar surface area (TPSA) is 93.1 Å². The minimum atomic E-state index is -2.29. The van der Waals surface area contributed by atoms with Gasteiger partial charge in [0, 0.05) is 27.7 Å². The lowest BCUT2D eigenvalue weighted by molar-refractivity contribution is -0.228. The molecule has 45 heavy (non-hydrogen) atoms. The number of carbonyl (C=O) groups excluding carboxylic acids is 3. The van der Waals surface area contributed by atoms with Gasteiger partial charge in [0.05, 0.1) is 23.9 Å². The summed E-state index contributed by atoms with van der Waals surface area (Å²) in [6.45, 7) is 3.03. The number of rotatable bonds is 5. The molecule has 4 aliphatic carbocycles. The van der Waals surface area contributed by atoms with Crippen LogP contribution in [0.1, 0.15) is 43.5 Å². The number of fused-ring (bicyclic) bond motifs is 7. The van der Waals surface area contributed by atoms with E-state index in [1.807, 2.05) is 6.92 Å². The van der Waals surface area contributed by atoms with E-state index in [1.54, 1.807) is 66.6 Å². The fourth-order valence-corrected chi connectivity index (χ4v) is 9.53. The number of carbonyl (C=O) groups is 3. The molecule has 0 radical (unpaired) electrons. The van der Waals surface area contributed by atoms with Gasteiger partial charge < -0.3 is 9.84 Å². The molecular weight excluding hydrogens is 604 g/mol. The first-order valence-electron chi connectivity index (χ1n) is 15.3. The monoisotopic (exact) mass is 637 g/mol. The summed E-state index contributed by atoms with van der Waals surface area (Å²) >= 11 is 6.12. The smallest absolute Gasteiger partial charge is 0.338 e. The molecule has 0 bridgehead atoms. The van der Waals surface area contributed by atoms with Gasteiger partial charge in [0.15, 0.2) is 23.7 Å². The Labute approximate surface area is 264 Å². The summed E-state index contributed by atoms with van der Waals surface area (Å²) in [5, 5.41) is 13.9. The summed E-state index contributed by atoms with van der Waals surface area (Å²) in [5.74, 6) is -3.60. The molecule has 1 saturated heterocycles. The molecule has 10 heteroatoms. The van der Waals surface area contributed by atoms with Crippen LogP contribution >= 0.6 is 11.6 Å². The number of Topliss-reactive ketones (excluding diaryl/α,β-unsaturated/α-hetero) is 1. The van der Waals surface area contributed by atoms with Gasteiger partial charge >= 0.3 is 5.97 Å². The van der Waals surface area contributed by atoms with Crippen LogP contribution < -0.4 is 5.06 Å². The highest BCUT2D eigenvalue weighted by Crippen LogP contribution is 2.72. The molecule has 3 saturated carbocycles. The molecular formula is C35H34ClF2NO6. The van der Waals surface area contributed by atoms with E-state index in [1.165, 1.54) is 12.2 Å². The number of anilines is 1. The van der Waals surface area contributed by atoms with E-state index >= 15 is 8.78 Å². The highest BCUT2D eigenvalue weighted by Gasteiger charge is 2.79. The van der Waals surface area contributed by atoms with Crippen LogP contribution in [0.2, 0.25) is 5.02 Å². The number of halogens is 3. The molecule has 1 heterocycles. The van der Waals surface area contributed by atoms with E-state index in [9.17, 15) is 19.5 Å². The Morgan fingerprint density at radius 2 is 1.80 bits per heavy atom. The van der Waals surface area contributed by atoms with E-state index < -0.39 is 76.3 Å². The highest BCUT2D eigenvalue weighted by atomic mass is 35.5. The van der Waals surface area contributed by atoms with Crippen LogP contribution in [-0.2, 0) is 19.2 Å². The number of alkyl halides is 2. The van der Waals surface area contributed by atoms with Crippen molar-refractivity contribution >= 4 is 34.8 Å². The molecule has 0 unspecified atom stereocenters. The van der Waals surface area contributed by atoms with E-state index in [2.05, 4.69) is 0 Å². The zero-order valence-electron chi connectivity index (χ0n) is 24.9. The molecule has 5 aliphatic rings. The largest absolute Gasteiger partial charge is 0.454 e. The van der Waals surface area contributed by atoms with Crippen molar-refractivity contribution in [3.63, 3.8) is 0 Å². The number of hydrogen-bond donors (Lipinski definition) is 1. The first-order valence-corrected chi connectivity index (χ1v) is 15.7. The molecule has 0 aromatic heterocycles. The molecule has 2 aromatic rings. The Bertz CT molecular complexity index is 1630. The van der Waals surface area contributed by atoms with Crippen LogP contribution in [-0.4, -0.2) is 59.3 Å². The van der Waals surface area contributed by atoms with Gasteiger partial charge in [0.1, 0.15) is 6.17 Å². The molecule has 4 fully saturated rings. The predicted octanol–water partition coefficient (Wildman–Crippen LogP) is 5.80. The Hall–Kier alpha value is -3.40. The van der Waals surface area contributed by atoms with Crippen molar-refractivity contribution in [2.24, 2.45) is 28.6 Å². The number of hydrogen-bond acceptors (Lipinski definition) is 7. The fourth-order valence-electron chi connectivity index (χ4n) is 9.41. The van der Waals surface area contributed by atoms with Crippen molar-refractivity contribution in [1.29, 1.82) is 0 Å². The number of aliphatic hydroxyl groups excluding tert-OH is 1. The number of aliphatic hydroxyl groups is 1. The number of hydroxylamine groups is 1. The van der Waals surface area contributed by atoms with Crippen molar-refractivity contribution in [1.82, 2.24) is 0 Å². The van der Waals surface area contributed by atoms with Crippen LogP contribution in [0.25, 0.3) is 0 Å². The number of esters is 1. The van der Waals surface area contributed by atoms with Gasteiger partial charge in [-0.05, 0) is 86.2 Å². The summed E-state index contributed by atoms with van der Waals surface area (Å²) in [6, 6.07) is 15.2. The first kappa shape index (κ1) is 30.3. The molecule has 7 rings (SSSR count). The minimum absolute atomic E-state index is 0.0402. The number of nitrogens with zero attached hydrogens (tertiary/aromatic N) is 1. The molecule has 1 aliphatic heterocycles. The third kappa shape index (κ3) is 4.09. The second-order valence-electron chi connectivity index (χ2n) is 13.5. The van der Waals surface area contributed by atoms with Crippen molar-refractivity contribution in [3.05, 3.63) is 89.0 Å². The average molecular weight is 638 g/mol. The van der Waals surface area contributed by atoms with Crippen LogP contribution in [0.4, 0.5) is 14.5 Å². The lowest BCUT2D eigenvalue weighted by Crippen LogP contribution is -2.70. The Morgan fingerprint density at radius 3 is 2.51 bits per heavy atom. The summed E-state index contributed by atoms with van der Waals surface area (Å²) < 4.78 is 39.2. The van der Waals surface area contributed by atoms with Gasteiger partial charge in [-0.1, -0.05) is 42.8 Å². The summed E-state index contributed by atoms with van der Waals surface area (Å²) in [7, 11) is 0. The standard InChI is InChI=1S/C35H34ClF2NO6/c1-32-13-12-24(40)15-27(32)28(37)16-26-25-14-21-18-39(23-10-8-22(36)9-11-23)45-35(21,33(25,2)17-29(41)34(26,32)38)30(42)19-44-31(43)20-6-4-3-5-7-20/h3-13,15,21,25-26,28-29,41H,14,16-19H2,1-2H3/t21-,25-,26-,28-,29-,32-,33-,34-,35-/m0/s1. The summed E-state index contributed by atoms with van der Waals surface area (Å²) in [5.41, 5.74) is -5.61. The zero-order valence-corrected chi connectivity index (χ0v) is 25.7. The average Bonchev–Trinajstić information content (AvgIpc) is 3.52. The predicted molar refractivity (Wildman–Crippen MR) is 162 cm³/mol. The van der Waals surface area contributed by atoms with E-state index in [4.69, 9.17) is 21.2 Å². The van der Waals surface area contributed by atoms with Crippen LogP contribution in [0.15, 0.2) is 78.4 Å². The summed E-state index contributed by atoms with van der Waals surface area (Å²) in [4.78, 5) is 46.1. The third-order valence-corrected chi connectivity index (χ3v) is 11.7. The van der Waals surface area contributed by atoms with Gasteiger partial charge in [-0.25, -0.2) is 13.6 Å². The lowest BCUT2D eigenvalue weighted by atomic mass is 9.44. The van der Waals surface area contributed by atoms with Gasteiger partial charge in [-0.3, -0.25) is 19.5 Å². The van der Waals surface area contributed by atoms with Crippen molar-refractivity contribution < 1.29 is 37.8 Å². The molecule has 0 spiro atoms. The fraction of sp³-hybridized carbons (Fsp3) is 0.457. The molecule has 236 valence electrons. The SMILES string of the molecule is C[C@]12C=CC(=O)C=C1[C@@H](F)C[C@H]1[C@@H]3C[C@H]4CN(c5ccc(Cl)cc5)O[C@@]4(C(=O)COC(=O)c4ccccc4)[C@@]3(C)C[C@H](O)[C@@]12F. The second kappa shape index (κ2) is 10.3. The van der Waals surface area contributed by atoms with E-state index in [-0.39, 0.29) is 30.5 Å². The van der Waals surface area contributed by atoms with Crippen molar-refractivity contribution in [3.8, 4) is 0 Å². The van der Waals surface area contributed by atoms with Crippen LogP contribution in [0, 0.1) is 28.6 Å². The quantitative estimate of drug-likeness (QED) is 0.414. The second-order valence-corrected chi connectivity index (χ2v) is 14.0.